The number of hydrogen-bond donors (Lipinski definition) is 1. The van der Waals surface area contributed by atoms with E-state index >= 15 is 0 Å². The van der Waals surface area contributed by atoms with E-state index in [9.17, 15) is 13.2 Å². The van der Waals surface area contributed by atoms with Crippen molar-refractivity contribution in [2.45, 2.75) is 24.8 Å². The van der Waals surface area contributed by atoms with Crippen molar-refractivity contribution in [1.29, 1.82) is 0 Å². The van der Waals surface area contributed by atoms with Gasteiger partial charge < -0.3 is 5.32 Å². The second kappa shape index (κ2) is 7.46. The molecule has 144 valence electrons. The van der Waals surface area contributed by atoms with Crippen molar-refractivity contribution in [3.05, 3.63) is 75.6 Å². The fraction of sp³-hybridized carbons (Fsp3) is 0.200. The number of aromatic nitrogens is 1. The van der Waals surface area contributed by atoms with E-state index in [0.29, 0.717) is 25.3 Å². The lowest BCUT2D eigenvalue weighted by Crippen LogP contribution is -2.36. The van der Waals surface area contributed by atoms with Crippen LogP contribution in [0.1, 0.15) is 26.5 Å². The molecule has 8 heteroatoms. The molecule has 0 fully saturated rings. The average Bonchev–Trinajstić information content (AvgIpc) is 3.18. The molecule has 4 rings (SSSR count). The zero-order valence-corrected chi connectivity index (χ0v) is 16.9. The Morgan fingerprint density at radius 2 is 1.89 bits per heavy atom. The third kappa shape index (κ3) is 3.58. The monoisotopic (exact) mass is 413 g/mol. The number of pyridine rings is 1. The molecule has 6 nitrogen and oxygen atoms in total. The molecule has 1 aliphatic heterocycles. The molecule has 2 aromatic heterocycles. The Morgan fingerprint density at radius 3 is 2.68 bits per heavy atom. The highest BCUT2D eigenvalue weighted by Gasteiger charge is 2.32. The molecule has 3 aromatic rings. The second-order valence-corrected chi connectivity index (χ2v) is 9.41. The minimum atomic E-state index is -3.78. The summed E-state index contributed by atoms with van der Waals surface area (Å²) in [5, 5.41) is 4.32. The first-order valence-electron chi connectivity index (χ1n) is 8.84. The summed E-state index contributed by atoms with van der Waals surface area (Å²) < 4.78 is 27.9. The minimum Gasteiger partial charge on any atom is -0.306 e. The molecule has 0 unspecified atom stereocenters. The maximum absolute atomic E-state index is 13.2. The topological polar surface area (TPSA) is 79.4 Å². The molecule has 0 atom stereocenters. The second-order valence-electron chi connectivity index (χ2n) is 6.59. The number of sulfonamides is 1. The van der Waals surface area contributed by atoms with Crippen LogP contribution in [0.3, 0.4) is 0 Å². The molecule has 0 saturated heterocycles. The van der Waals surface area contributed by atoms with Crippen molar-refractivity contribution in [3.63, 3.8) is 0 Å². The van der Waals surface area contributed by atoms with Gasteiger partial charge in [-0.15, -0.1) is 11.3 Å². The molecular formula is C20H19N3O3S2. The van der Waals surface area contributed by atoms with Crippen molar-refractivity contribution in [2.75, 3.05) is 11.9 Å². The Labute approximate surface area is 167 Å². The maximum atomic E-state index is 13.2. The first-order valence-corrected chi connectivity index (χ1v) is 11.2. The van der Waals surface area contributed by atoms with E-state index < -0.39 is 15.9 Å². The van der Waals surface area contributed by atoms with Gasteiger partial charge in [-0.1, -0.05) is 30.3 Å². The minimum absolute atomic E-state index is 0.0436. The number of benzene rings is 1. The number of rotatable bonds is 4. The van der Waals surface area contributed by atoms with Gasteiger partial charge in [-0.05, 0) is 48.1 Å². The van der Waals surface area contributed by atoms with Gasteiger partial charge in [0.05, 0.1) is 0 Å². The van der Waals surface area contributed by atoms with Crippen LogP contribution in [-0.4, -0.2) is 30.2 Å². The molecule has 0 spiro atoms. The summed E-state index contributed by atoms with van der Waals surface area (Å²) >= 11 is 1.11. The molecule has 3 heterocycles. The highest BCUT2D eigenvalue weighted by atomic mass is 32.2. The number of anilines is 1. The summed E-state index contributed by atoms with van der Waals surface area (Å²) in [4.78, 5) is 17.2. The molecule has 0 radical (unpaired) electrons. The fourth-order valence-corrected chi connectivity index (χ4v) is 5.98. The van der Waals surface area contributed by atoms with Crippen molar-refractivity contribution >= 4 is 33.1 Å². The molecule has 1 amide bonds. The van der Waals surface area contributed by atoms with E-state index in [-0.39, 0.29) is 9.77 Å². The number of nitrogens with zero attached hydrogens (tertiary/aromatic N) is 2. The van der Waals surface area contributed by atoms with E-state index in [0.717, 1.165) is 22.6 Å². The lowest BCUT2D eigenvalue weighted by molar-refractivity contribution is 0.102. The van der Waals surface area contributed by atoms with Gasteiger partial charge in [0.25, 0.3) is 5.91 Å². The molecule has 0 bridgehead atoms. The summed E-state index contributed by atoms with van der Waals surface area (Å²) in [6.45, 7) is 2.54. The number of carbonyl (C=O) groups excluding carboxylic acids is 1. The van der Waals surface area contributed by atoms with Gasteiger partial charge in [-0.3, -0.25) is 4.79 Å². The third-order valence-corrected chi connectivity index (χ3v) is 7.61. The average molecular weight is 414 g/mol. The zero-order valence-electron chi connectivity index (χ0n) is 15.3. The van der Waals surface area contributed by atoms with E-state index in [2.05, 4.69) is 10.3 Å². The highest BCUT2D eigenvalue weighted by Crippen LogP contribution is 2.29. The Balaban J connectivity index is 1.60. The number of amides is 1. The standard InChI is InChI=1S/C20H19N3O3S2/c1-14-5-4-8-18(21-14)22-20(24)19-17(10-12-27-19)28(25,26)23-11-9-15-6-2-3-7-16(15)13-23/h2-8,10,12H,9,11,13H2,1H3,(H,21,22,24). The van der Waals surface area contributed by atoms with Crippen molar-refractivity contribution in [1.82, 2.24) is 9.29 Å². The SMILES string of the molecule is Cc1cccc(NC(=O)c2sccc2S(=O)(=O)N2CCc3ccccc3C2)n1. The van der Waals surface area contributed by atoms with E-state index in [1.807, 2.05) is 37.3 Å². The molecule has 1 aromatic carbocycles. The lowest BCUT2D eigenvalue weighted by atomic mass is 10.0. The predicted octanol–water partition coefficient (Wildman–Crippen LogP) is 3.45. The van der Waals surface area contributed by atoms with Crippen LogP contribution in [-0.2, 0) is 23.0 Å². The Hall–Kier alpha value is -2.55. The van der Waals surface area contributed by atoms with Gasteiger partial charge in [-0.2, -0.15) is 4.31 Å². The molecule has 0 aliphatic carbocycles. The van der Waals surface area contributed by atoms with Crippen LogP contribution in [0.25, 0.3) is 0 Å². The summed E-state index contributed by atoms with van der Waals surface area (Å²) in [6, 6.07) is 14.6. The van der Waals surface area contributed by atoms with Crippen LogP contribution in [0.15, 0.2) is 58.8 Å². The number of nitrogens with one attached hydrogen (secondary N) is 1. The molecule has 1 aliphatic rings. The summed E-state index contributed by atoms with van der Waals surface area (Å²) in [5.41, 5.74) is 2.94. The van der Waals surface area contributed by atoms with Crippen molar-refractivity contribution in [2.24, 2.45) is 0 Å². The van der Waals surface area contributed by atoms with Gasteiger partial charge in [0.15, 0.2) is 0 Å². The van der Waals surface area contributed by atoms with Crippen LogP contribution in [0, 0.1) is 6.92 Å². The molecule has 1 N–H and O–H groups in total. The Bertz CT molecular complexity index is 1140. The normalized spacial score (nSPS) is 14.5. The van der Waals surface area contributed by atoms with Crippen molar-refractivity contribution in [3.8, 4) is 0 Å². The Morgan fingerprint density at radius 1 is 1.11 bits per heavy atom. The van der Waals surface area contributed by atoms with Gasteiger partial charge in [-0.25, -0.2) is 13.4 Å². The highest BCUT2D eigenvalue weighted by molar-refractivity contribution is 7.89. The number of fused-ring (bicyclic) bond motifs is 1. The quantitative estimate of drug-likeness (QED) is 0.710. The summed E-state index contributed by atoms with van der Waals surface area (Å²) in [7, 11) is -3.78. The van der Waals surface area contributed by atoms with Gasteiger partial charge in [0.1, 0.15) is 15.6 Å². The third-order valence-electron chi connectivity index (χ3n) is 4.68. The number of carbonyl (C=O) groups is 1. The van der Waals surface area contributed by atoms with Crippen LogP contribution < -0.4 is 5.32 Å². The molecule has 0 saturated carbocycles. The first kappa shape index (κ1) is 18.8. The van der Waals surface area contributed by atoms with Gasteiger partial charge in [0.2, 0.25) is 10.0 Å². The van der Waals surface area contributed by atoms with Crippen LogP contribution >= 0.6 is 11.3 Å². The summed E-state index contributed by atoms with van der Waals surface area (Å²) in [5.74, 6) is -0.0715. The number of hydrogen-bond acceptors (Lipinski definition) is 5. The van der Waals surface area contributed by atoms with Crippen LogP contribution in [0.2, 0.25) is 0 Å². The maximum Gasteiger partial charge on any atom is 0.268 e. The van der Waals surface area contributed by atoms with E-state index in [1.54, 1.807) is 17.5 Å². The smallest absolute Gasteiger partial charge is 0.268 e. The van der Waals surface area contributed by atoms with E-state index in [4.69, 9.17) is 0 Å². The first-order chi connectivity index (χ1) is 13.4. The largest absolute Gasteiger partial charge is 0.306 e. The van der Waals surface area contributed by atoms with Gasteiger partial charge >= 0.3 is 0 Å². The van der Waals surface area contributed by atoms with Crippen molar-refractivity contribution < 1.29 is 13.2 Å². The lowest BCUT2D eigenvalue weighted by Gasteiger charge is -2.28. The molecular weight excluding hydrogens is 394 g/mol. The van der Waals surface area contributed by atoms with E-state index in [1.165, 1.54) is 15.9 Å². The fourth-order valence-electron chi connectivity index (χ4n) is 3.27. The van der Waals surface area contributed by atoms with Crippen LogP contribution in [0.4, 0.5) is 5.82 Å². The molecule has 28 heavy (non-hydrogen) atoms. The predicted molar refractivity (Wildman–Crippen MR) is 109 cm³/mol. The number of aryl methyl sites for hydroxylation is 1. The van der Waals surface area contributed by atoms with Crippen LogP contribution in [0.5, 0.6) is 0 Å². The number of thiophene rings is 1. The van der Waals surface area contributed by atoms with Gasteiger partial charge in [0, 0.05) is 18.8 Å². The zero-order chi connectivity index (χ0) is 19.7. The summed E-state index contributed by atoms with van der Waals surface area (Å²) in [6.07, 6.45) is 0.661. The Kier molecular flexibility index (Phi) is 5.01.